The summed E-state index contributed by atoms with van der Waals surface area (Å²) in [5, 5.41) is 0.801. The minimum atomic E-state index is -0.0314. The standard InChI is InChI=1S/C22H28N2O4S/c1-12-17(21(25)24(4)18-14-9-10-28-19(14)22(18,2)3)29-20(23-12)13-7-8-15(26-5)16(11-13)27-6/h7-8,11,14,18-19H,9-10H2,1-6H3/t14-,18-,19+/m1/s1. The van der Waals surface area contributed by atoms with E-state index in [0.29, 0.717) is 22.3 Å². The molecule has 0 bridgehead atoms. The molecule has 1 saturated heterocycles. The molecule has 29 heavy (non-hydrogen) atoms. The molecule has 1 saturated carbocycles. The van der Waals surface area contributed by atoms with Crippen LogP contribution < -0.4 is 9.47 Å². The average Bonchev–Trinajstić information content (AvgIpc) is 3.32. The summed E-state index contributed by atoms with van der Waals surface area (Å²) in [7, 11) is 5.14. The molecule has 0 radical (unpaired) electrons. The Labute approximate surface area is 175 Å². The molecule has 1 aromatic heterocycles. The van der Waals surface area contributed by atoms with Crippen molar-refractivity contribution in [3.05, 3.63) is 28.8 Å². The van der Waals surface area contributed by atoms with Crippen LogP contribution in [0.2, 0.25) is 0 Å². The number of ether oxygens (including phenoxy) is 3. The molecule has 1 aliphatic carbocycles. The van der Waals surface area contributed by atoms with E-state index in [-0.39, 0.29) is 23.5 Å². The molecule has 1 aliphatic heterocycles. The molecule has 0 N–H and O–H groups in total. The van der Waals surface area contributed by atoms with E-state index >= 15 is 0 Å². The van der Waals surface area contributed by atoms with Crippen LogP contribution in [0.1, 0.15) is 35.6 Å². The van der Waals surface area contributed by atoms with Crippen molar-refractivity contribution in [2.24, 2.45) is 11.3 Å². The number of hydrogen-bond donors (Lipinski definition) is 0. The van der Waals surface area contributed by atoms with Crippen molar-refractivity contribution >= 4 is 17.2 Å². The minimum absolute atomic E-state index is 0.0314. The van der Waals surface area contributed by atoms with Gasteiger partial charge in [-0.2, -0.15) is 0 Å². The summed E-state index contributed by atoms with van der Waals surface area (Å²) < 4.78 is 16.6. The monoisotopic (exact) mass is 416 g/mol. The highest BCUT2D eigenvalue weighted by Crippen LogP contribution is 2.54. The summed E-state index contributed by atoms with van der Waals surface area (Å²) in [4.78, 5) is 20.6. The van der Waals surface area contributed by atoms with Gasteiger partial charge in [-0.1, -0.05) is 13.8 Å². The number of fused-ring (bicyclic) bond motifs is 1. The Morgan fingerprint density at radius 1 is 1.28 bits per heavy atom. The normalized spacial score (nSPS) is 24.6. The molecular weight excluding hydrogens is 388 g/mol. The van der Waals surface area contributed by atoms with Crippen molar-refractivity contribution in [3.63, 3.8) is 0 Å². The number of aromatic nitrogens is 1. The number of aryl methyl sites for hydroxylation is 1. The predicted molar refractivity (Wildman–Crippen MR) is 113 cm³/mol. The highest BCUT2D eigenvalue weighted by molar-refractivity contribution is 7.17. The predicted octanol–water partition coefficient (Wildman–Crippen LogP) is 4.02. The van der Waals surface area contributed by atoms with E-state index in [2.05, 4.69) is 18.8 Å². The highest BCUT2D eigenvalue weighted by atomic mass is 32.1. The van der Waals surface area contributed by atoms with Gasteiger partial charge in [0, 0.05) is 36.6 Å². The Bertz CT molecular complexity index is 939. The molecule has 0 spiro atoms. The number of thiazole rings is 1. The average molecular weight is 417 g/mol. The second kappa shape index (κ2) is 7.29. The summed E-state index contributed by atoms with van der Waals surface area (Å²) in [5.74, 6) is 1.78. The van der Waals surface area contributed by atoms with Crippen LogP contribution in [0, 0.1) is 18.3 Å². The van der Waals surface area contributed by atoms with Gasteiger partial charge in [0.25, 0.3) is 5.91 Å². The Balaban J connectivity index is 1.60. The molecule has 0 unspecified atom stereocenters. The lowest BCUT2D eigenvalue weighted by Crippen LogP contribution is -2.66. The van der Waals surface area contributed by atoms with Crippen LogP contribution in [0.5, 0.6) is 11.5 Å². The van der Waals surface area contributed by atoms with Gasteiger partial charge in [0.1, 0.15) is 9.88 Å². The van der Waals surface area contributed by atoms with E-state index in [1.165, 1.54) is 11.3 Å². The molecule has 7 heteroatoms. The van der Waals surface area contributed by atoms with Gasteiger partial charge >= 0.3 is 0 Å². The molecule has 2 aromatic rings. The number of amides is 1. The molecule has 1 aromatic carbocycles. The molecule has 156 valence electrons. The first-order valence-corrected chi connectivity index (χ1v) is 10.7. The largest absolute Gasteiger partial charge is 0.493 e. The fourth-order valence-corrected chi connectivity index (χ4v) is 6.10. The van der Waals surface area contributed by atoms with Gasteiger partial charge in [0.2, 0.25) is 0 Å². The first-order valence-electron chi connectivity index (χ1n) is 9.88. The topological polar surface area (TPSA) is 60.9 Å². The van der Waals surface area contributed by atoms with Crippen LogP contribution >= 0.6 is 11.3 Å². The van der Waals surface area contributed by atoms with Gasteiger partial charge in [-0.3, -0.25) is 4.79 Å². The van der Waals surface area contributed by atoms with Crippen LogP contribution in [-0.2, 0) is 4.74 Å². The van der Waals surface area contributed by atoms with Gasteiger partial charge in [0.05, 0.1) is 26.0 Å². The van der Waals surface area contributed by atoms with E-state index in [0.717, 1.165) is 29.3 Å². The quantitative estimate of drug-likeness (QED) is 0.737. The van der Waals surface area contributed by atoms with Crippen molar-refractivity contribution < 1.29 is 19.0 Å². The molecule has 2 fully saturated rings. The number of nitrogens with zero attached hydrogens (tertiary/aromatic N) is 2. The lowest BCUT2D eigenvalue weighted by atomic mass is 9.57. The second-order valence-electron chi connectivity index (χ2n) is 8.43. The zero-order valence-corrected chi connectivity index (χ0v) is 18.6. The maximum absolute atomic E-state index is 13.4. The van der Waals surface area contributed by atoms with Crippen molar-refractivity contribution in [2.75, 3.05) is 27.9 Å². The van der Waals surface area contributed by atoms with Gasteiger partial charge in [0.15, 0.2) is 11.5 Å². The lowest BCUT2D eigenvalue weighted by molar-refractivity contribution is -0.139. The van der Waals surface area contributed by atoms with Crippen molar-refractivity contribution in [1.29, 1.82) is 0 Å². The van der Waals surface area contributed by atoms with Crippen molar-refractivity contribution in [3.8, 4) is 22.1 Å². The maximum atomic E-state index is 13.4. The number of rotatable bonds is 5. The summed E-state index contributed by atoms with van der Waals surface area (Å²) >= 11 is 1.43. The zero-order valence-electron chi connectivity index (χ0n) is 17.8. The number of carbonyl (C=O) groups is 1. The third kappa shape index (κ3) is 3.11. The molecule has 4 rings (SSSR count). The highest BCUT2D eigenvalue weighted by Gasteiger charge is 2.61. The van der Waals surface area contributed by atoms with Gasteiger partial charge in [-0.15, -0.1) is 11.3 Å². The van der Waals surface area contributed by atoms with E-state index < -0.39 is 0 Å². The van der Waals surface area contributed by atoms with Crippen molar-refractivity contribution in [1.82, 2.24) is 9.88 Å². The SMILES string of the molecule is COc1ccc(-c2nc(C)c(C(=O)N(C)[C@@H]3[C@H]4CCO[C@@H]4C3(C)C)s2)cc1OC. The molecule has 3 atom stereocenters. The zero-order chi connectivity index (χ0) is 20.9. The number of methoxy groups -OCH3 is 2. The van der Waals surface area contributed by atoms with Crippen LogP contribution in [0.4, 0.5) is 0 Å². The fraction of sp³-hybridized carbons (Fsp3) is 0.545. The Kier molecular flexibility index (Phi) is 5.07. The molecular formula is C22H28N2O4S. The number of hydrogen-bond acceptors (Lipinski definition) is 6. The van der Waals surface area contributed by atoms with E-state index in [1.54, 1.807) is 14.2 Å². The lowest BCUT2D eigenvalue weighted by Gasteiger charge is -2.57. The summed E-state index contributed by atoms with van der Waals surface area (Å²) in [6.45, 7) is 7.08. The fourth-order valence-electron chi connectivity index (χ4n) is 5.06. The molecule has 6 nitrogen and oxygen atoms in total. The Morgan fingerprint density at radius 3 is 2.69 bits per heavy atom. The van der Waals surface area contributed by atoms with Gasteiger partial charge < -0.3 is 19.1 Å². The van der Waals surface area contributed by atoms with E-state index in [9.17, 15) is 4.79 Å². The number of benzene rings is 1. The minimum Gasteiger partial charge on any atom is -0.493 e. The van der Waals surface area contributed by atoms with E-state index in [4.69, 9.17) is 14.2 Å². The Hall–Kier alpha value is -2.12. The van der Waals surface area contributed by atoms with E-state index in [1.807, 2.05) is 37.1 Å². The third-order valence-electron chi connectivity index (χ3n) is 6.40. The summed E-state index contributed by atoms with van der Waals surface area (Å²) in [5.41, 5.74) is 1.63. The van der Waals surface area contributed by atoms with Crippen LogP contribution in [-0.4, -0.2) is 55.8 Å². The molecule has 1 amide bonds. The van der Waals surface area contributed by atoms with Gasteiger partial charge in [-0.05, 0) is 31.5 Å². The van der Waals surface area contributed by atoms with Crippen molar-refractivity contribution in [2.45, 2.75) is 39.3 Å². The first kappa shape index (κ1) is 20.2. The first-order chi connectivity index (χ1) is 13.8. The summed E-state index contributed by atoms with van der Waals surface area (Å²) in [6, 6.07) is 5.88. The smallest absolute Gasteiger partial charge is 0.265 e. The molecule has 2 aliphatic rings. The number of carbonyl (C=O) groups excluding carboxylic acids is 1. The molecule has 2 heterocycles. The van der Waals surface area contributed by atoms with Crippen LogP contribution in [0.3, 0.4) is 0 Å². The van der Waals surface area contributed by atoms with Gasteiger partial charge in [-0.25, -0.2) is 4.98 Å². The van der Waals surface area contributed by atoms with Crippen LogP contribution in [0.25, 0.3) is 10.6 Å². The Morgan fingerprint density at radius 2 is 2.00 bits per heavy atom. The van der Waals surface area contributed by atoms with Crippen LogP contribution in [0.15, 0.2) is 18.2 Å². The third-order valence-corrected chi connectivity index (χ3v) is 7.59. The summed E-state index contributed by atoms with van der Waals surface area (Å²) in [6.07, 6.45) is 1.28. The second-order valence-corrected chi connectivity index (χ2v) is 9.43. The maximum Gasteiger partial charge on any atom is 0.265 e.